The van der Waals surface area contributed by atoms with E-state index in [9.17, 15) is 0 Å². The van der Waals surface area contributed by atoms with E-state index < -0.39 is 0 Å². The van der Waals surface area contributed by atoms with Crippen molar-refractivity contribution in [3.63, 3.8) is 0 Å². The van der Waals surface area contributed by atoms with Crippen LogP contribution in [-0.2, 0) is 0 Å². The highest BCUT2D eigenvalue weighted by atomic mass is 15.0. The average Bonchev–Trinajstić information content (AvgIpc) is 1.88. The molecule has 0 unspecified atom stereocenters. The van der Waals surface area contributed by atoms with E-state index in [-0.39, 0.29) is 0 Å². The van der Waals surface area contributed by atoms with Gasteiger partial charge in [-0.2, -0.15) is 0 Å². The van der Waals surface area contributed by atoms with Crippen molar-refractivity contribution in [2.24, 2.45) is 0 Å². The first-order valence-corrected chi connectivity index (χ1v) is 3.49. The van der Waals surface area contributed by atoms with Crippen LogP contribution in [0.5, 0.6) is 0 Å². The Labute approximate surface area is 62.3 Å². The lowest BCUT2D eigenvalue weighted by Gasteiger charge is -2.08. The highest BCUT2D eigenvalue weighted by Gasteiger charge is 1.92. The van der Waals surface area contributed by atoms with Crippen molar-refractivity contribution < 1.29 is 0 Å². The Morgan fingerprint density at radius 3 is 2.70 bits per heavy atom. The summed E-state index contributed by atoms with van der Waals surface area (Å²) in [5.41, 5.74) is 1.37. The monoisotopic (exact) mass is 135 g/mol. The minimum Gasteiger partial charge on any atom is -0.383 e. The van der Waals surface area contributed by atoms with Gasteiger partial charge in [-0.3, -0.25) is 0 Å². The molecule has 1 rings (SSSR count). The predicted octanol–water partition coefficient (Wildman–Crippen LogP) is 1.95. The third-order valence-electron chi connectivity index (χ3n) is 1.34. The maximum Gasteiger partial charge on any atom is 0.00557 e. The van der Waals surface area contributed by atoms with Gasteiger partial charge in [0.05, 0.1) is 0 Å². The molecular weight excluding hydrogens is 122 g/mol. The Hall–Kier alpha value is -0.980. The molecule has 0 saturated carbocycles. The van der Waals surface area contributed by atoms with Crippen LogP contribution in [0.15, 0.2) is 36.1 Å². The van der Waals surface area contributed by atoms with E-state index in [2.05, 4.69) is 35.4 Å². The molecule has 1 aliphatic rings. The summed E-state index contributed by atoms with van der Waals surface area (Å²) in [6.45, 7) is 0. The highest BCUT2D eigenvalue weighted by molar-refractivity contribution is 5.28. The molecule has 0 heterocycles. The van der Waals surface area contributed by atoms with Crippen molar-refractivity contribution in [2.75, 3.05) is 14.1 Å². The molecule has 10 heavy (non-hydrogen) atoms. The van der Waals surface area contributed by atoms with E-state index in [1.54, 1.807) is 0 Å². The second-order valence-electron chi connectivity index (χ2n) is 2.66. The van der Waals surface area contributed by atoms with Gasteiger partial charge in [0.25, 0.3) is 0 Å². The van der Waals surface area contributed by atoms with E-state index in [0.717, 1.165) is 6.42 Å². The van der Waals surface area contributed by atoms with Gasteiger partial charge < -0.3 is 4.90 Å². The Morgan fingerprint density at radius 1 is 1.40 bits per heavy atom. The maximum absolute atomic E-state index is 2.16. The Morgan fingerprint density at radius 2 is 2.20 bits per heavy atom. The Kier molecular flexibility index (Phi) is 2.32. The summed E-state index contributed by atoms with van der Waals surface area (Å²) < 4.78 is 0. The van der Waals surface area contributed by atoms with Gasteiger partial charge in [0.15, 0.2) is 0 Å². The molecule has 1 heteroatoms. The molecular formula is C9H13N. The zero-order chi connectivity index (χ0) is 7.40. The van der Waals surface area contributed by atoms with Crippen LogP contribution in [0.4, 0.5) is 0 Å². The minimum atomic E-state index is 1.06. The molecule has 0 saturated heterocycles. The molecule has 0 fully saturated rings. The second kappa shape index (κ2) is 3.25. The molecule has 0 aliphatic heterocycles. The summed E-state index contributed by atoms with van der Waals surface area (Å²) in [7, 11) is 4.08. The summed E-state index contributed by atoms with van der Waals surface area (Å²) in [6.07, 6.45) is 11.6. The fourth-order valence-electron chi connectivity index (χ4n) is 0.957. The lowest BCUT2D eigenvalue weighted by Crippen LogP contribution is -2.02. The van der Waals surface area contributed by atoms with Gasteiger partial charge >= 0.3 is 0 Å². The summed E-state index contributed by atoms with van der Waals surface area (Å²) >= 11 is 0. The topological polar surface area (TPSA) is 3.24 Å². The van der Waals surface area contributed by atoms with Crippen molar-refractivity contribution in [2.45, 2.75) is 6.42 Å². The van der Waals surface area contributed by atoms with Crippen molar-refractivity contribution >= 4 is 0 Å². The van der Waals surface area contributed by atoms with Crippen LogP contribution >= 0.6 is 0 Å². The molecule has 0 aromatic carbocycles. The first-order chi connectivity index (χ1) is 4.79. The molecule has 0 spiro atoms. The van der Waals surface area contributed by atoms with Gasteiger partial charge in [0.2, 0.25) is 0 Å². The van der Waals surface area contributed by atoms with Gasteiger partial charge in [0.1, 0.15) is 0 Å². The molecule has 0 amide bonds. The Balaban J connectivity index is 2.58. The van der Waals surface area contributed by atoms with Gasteiger partial charge in [-0.15, -0.1) is 0 Å². The molecule has 0 aromatic heterocycles. The predicted molar refractivity (Wildman–Crippen MR) is 44.7 cm³/mol. The van der Waals surface area contributed by atoms with Crippen molar-refractivity contribution in [3.8, 4) is 0 Å². The zero-order valence-corrected chi connectivity index (χ0v) is 6.54. The Bertz CT molecular complexity index is 185. The fourth-order valence-corrected chi connectivity index (χ4v) is 0.957. The smallest absolute Gasteiger partial charge is 0.00557 e. The van der Waals surface area contributed by atoms with Gasteiger partial charge in [0, 0.05) is 20.3 Å². The maximum atomic E-state index is 2.16. The molecule has 0 N–H and O–H groups in total. The molecule has 0 atom stereocenters. The molecule has 1 aliphatic carbocycles. The van der Waals surface area contributed by atoms with Crippen LogP contribution in [0.1, 0.15) is 6.42 Å². The zero-order valence-electron chi connectivity index (χ0n) is 6.54. The first kappa shape index (κ1) is 7.13. The van der Waals surface area contributed by atoms with Crippen molar-refractivity contribution in [1.82, 2.24) is 4.90 Å². The lowest BCUT2D eigenvalue weighted by atomic mass is 10.1. The normalized spacial score (nSPS) is 20.0. The minimum absolute atomic E-state index is 1.06. The fraction of sp³-hybridized carbons (Fsp3) is 0.333. The molecule has 0 aromatic rings. The van der Waals surface area contributed by atoms with Crippen LogP contribution in [-0.4, -0.2) is 19.0 Å². The van der Waals surface area contributed by atoms with E-state index in [1.807, 2.05) is 14.1 Å². The van der Waals surface area contributed by atoms with Crippen LogP contribution in [0.3, 0.4) is 0 Å². The van der Waals surface area contributed by atoms with Gasteiger partial charge in [-0.05, 0) is 12.0 Å². The van der Waals surface area contributed by atoms with Crippen LogP contribution in [0.25, 0.3) is 0 Å². The molecule has 0 radical (unpaired) electrons. The third kappa shape index (κ3) is 2.09. The first-order valence-electron chi connectivity index (χ1n) is 3.49. The van der Waals surface area contributed by atoms with E-state index in [1.165, 1.54) is 5.57 Å². The van der Waals surface area contributed by atoms with Crippen LogP contribution in [0, 0.1) is 0 Å². The number of allylic oxidation sites excluding steroid dienone is 5. The average molecular weight is 135 g/mol. The van der Waals surface area contributed by atoms with Crippen LogP contribution in [0.2, 0.25) is 0 Å². The molecule has 54 valence electrons. The quantitative estimate of drug-likeness (QED) is 0.531. The van der Waals surface area contributed by atoms with Gasteiger partial charge in [-0.25, -0.2) is 0 Å². The third-order valence-corrected chi connectivity index (χ3v) is 1.34. The van der Waals surface area contributed by atoms with E-state index in [0.29, 0.717) is 0 Å². The van der Waals surface area contributed by atoms with E-state index >= 15 is 0 Å². The molecule has 0 bridgehead atoms. The second-order valence-corrected chi connectivity index (χ2v) is 2.66. The molecule has 1 nitrogen and oxygen atoms in total. The number of nitrogens with zero attached hydrogens (tertiary/aromatic N) is 1. The largest absolute Gasteiger partial charge is 0.383 e. The number of hydrogen-bond donors (Lipinski definition) is 0. The summed E-state index contributed by atoms with van der Waals surface area (Å²) in [6, 6.07) is 0. The van der Waals surface area contributed by atoms with Crippen molar-refractivity contribution in [3.05, 3.63) is 36.1 Å². The van der Waals surface area contributed by atoms with Crippen LogP contribution < -0.4 is 0 Å². The van der Waals surface area contributed by atoms with E-state index in [4.69, 9.17) is 0 Å². The lowest BCUT2D eigenvalue weighted by molar-refractivity contribution is 0.558. The number of hydrogen-bond acceptors (Lipinski definition) is 1. The van der Waals surface area contributed by atoms with Crippen molar-refractivity contribution in [1.29, 1.82) is 0 Å². The number of rotatable bonds is 1. The SMILES string of the molecule is CN(C)/C=C1\C=CC=CC1. The summed E-state index contributed by atoms with van der Waals surface area (Å²) in [4.78, 5) is 2.07. The summed E-state index contributed by atoms with van der Waals surface area (Å²) in [5.74, 6) is 0. The standard InChI is InChI=1S/C9H13N/c1-10(2)8-9-6-4-3-5-7-9/h3-6,8H,7H2,1-2H3/b9-8+. The summed E-state index contributed by atoms with van der Waals surface area (Å²) in [5, 5.41) is 0. The highest BCUT2D eigenvalue weighted by Crippen LogP contribution is 2.09. The van der Waals surface area contributed by atoms with Gasteiger partial charge in [-0.1, -0.05) is 24.3 Å².